The van der Waals surface area contributed by atoms with E-state index in [4.69, 9.17) is 28.2 Å². The van der Waals surface area contributed by atoms with Gasteiger partial charge in [0.1, 0.15) is 0 Å². The molecule has 1 amide bonds. The lowest BCUT2D eigenvalue weighted by Crippen LogP contribution is -2.23. The monoisotopic (exact) mass is 428 g/mol. The van der Waals surface area contributed by atoms with Crippen LogP contribution in [0.3, 0.4) is 0 Å². The van der Waals surface area contributed by atoms with Crippen LogP contribution in [-0.4, -0.2) is 50.6 Å². The number of carbonyl (C=O) groups excluding carboxylic acids is 1. The summed E-state index contributed by atoms with van der Waals surface area (Å²) < 4.78 is 59.9. The van der Waals surface area contributed by atoms with Gasteiger partial charge < -0.3 is 28.2 Å². The molecule has 0 radical (unpaired) electrons. The maximum absolute atomic E-state index is 14.3. The number of aromatic nitrogens is 1. The van der Waals surface area contributed by atoms with Crippen molar-refractivity contribution >= 4 is 22.9 Å². The summed E-state index contributed by atoms with van der Waals surface area (Å²) in [6, 6.07) is 1.27. The molecule has 2 fully saturated rings. The lowest BCUT2D eigenvalue weighted by atomic mass is 10.1. The van der Waals surface area contributed by atoms with E-state index in [1.54, 1.807) is 0 Å². The molecule has 1 aromatic heterocycles. The third-order valence-electron chi connectivity index (χ3n) is 4.73. The minimum atomic E-state index is -1.24. The van der Waals surface area contributed by atoms with Crippen molar-refractivity contribution < 1.29 is 41.8 Å². The van der Waals surface area contributed by atoms with E-state index in [1.807, 2.05) is 0 Å². The van der Waals surface area contributed by atoms with Crippen LogP contribution in [0.2, 0.25) is 0 Å². The van der Waals surface area contributed by atoms with E-state index in [2.05, 4.69) is 10.5 Å². The van der Waals surface area contributed by atoms with Gasteiger partial charge >= 0.3 is 6.09 Å². The van der Waals surface area contributed by atoms with Gasteiger partial charge in [-0.15, -0.1) is 0 Å². The molecule has 1 N–H and O–H groups in total. The predicted molar refractivity (Wildman–Crippen MR) is 97.7 cm³/mol. The van der Waals surface area contributed by atoms with Crippen molar-refractivity contribution in [2.24, 2.45) is 0 Å². The highest BCUT2D eigenvalue weighted by Crippen LogP contribution is 2.34. The van der Waals surface area contributed by atoms with Gasteiger partial charge in [-0.2, -0.15) is 4.39 Å². The van der Waals surface area contributed by atoms with Crippen LogP contribution in [0.15, 0.2) is 10.6 Å². The van der Waals surface area contributed by atoms with Crippen molar-refractivity contribution in [1.82, 2.24) is 5.16 Å². The first-order valence-corrected chi connectivity index (χ1v) is 9.81. The maximum Gasteiger partial charge on any atom is 0.412 e. The summed E-state index contributed by atoms with van der Waals surface area (Å²) in [4.78, 5) is 12.0. The smallest absolute Gasteiger partial charge is 0.412 e. The molecular formula is C19H22F2N2O7. The molecule has 4 rings (SSSR count). The van der Waals surface area contributed by atoms with Gasteiger partial charge in [0, 0.05) is 18.6 Å². The number of halogens is 2. The standard InChI is InChI=1S/C19H22F2N2O7/c20-14-11(18-27-8-9-28-18)10-12-16(15(14)21)30-23-17(12)22-19(24)29-7-3-6-26-13-4-1-2-5-25-13/h10,13,18H,1-9H2,(H,22,23,24). The molecule has 164 valence electrons. The van der Waals surface area contributed by atoms with Gasteiger partial charge in [-0.25, -0.2) is 9.18 Å². The van der Waals surface area contributed by atoms with Gasteiger partial charge in [0.25, 0.3) is 0 Å². The molecule has 30 heavy (non-hydrogen) atoms. The summed E-state index contributed by atoms with van der Waals surface area (Å²) in [5, 5.41) is 6.03. The van der Waals surface area contributed by atoms with E-state index >= 15 is 0 Å². The van der Waals surface area contributed by atoms with Crippen LogP contribution in [0.1, 0.15) is 37.5 Å². The normalized spacial score (nSPS) is 20.0. The first kappa shape index (κ1) is 20.9. The van der Waals surface area contributed by atoms with Gasteiger partial charge in [0.05, 0.1) is 31.8 Å². The van der Waals surface area contributed by atoms with Crippen LogP contribution >= 0.6 is 0 Å². The molecule has 2 saturated heterocycles. The highest BCUT2D eigenvalue weighted by Gasteiger charge is 2.28. The van der Waals surface area contributed by atoms with Crippen LogP contribution in [0, 0.1) is 11.6 Å². The second-order valence-corrected chi connectivity index (χ2v) is 6.86. The molecule has 0 aliphatic carbocycles. The van der Waals surface area contributed by atoms with Gasteiger partial charge in [-0.1, -0.05) is 5.16 Å². The molecule has 2 aromatic rings. The molecule has 2 aliphatic heterocycles. The zero-order valence-electron chi connectivity index (χ0n) is 16.2. The summed E-state index contributed by atoms with van der Waals surface area (Å²) >= 11 is 0. The first-order chi connectivity index (χ1) is 14.6. The van der Waals surface area contributed by atoms with E-state index in [0.717, 1.165) is 19.3 Å². The predicted octanol–water partition coefficient (Wildman–Crippen LogP) is 3.63. The number of benzene rings is 1. The highest BCUT2D eigenvalue weighted by atomic mass is 19.2. The number of nitrogens with zero attached hydrogens (tertiary/aromatic N) is 1. The Labute approximate surface area is 170 Å². The van der Waals surface area contributed by atoms with Crippen molar-refractivity contribution in [3.63, 3.8) is 0 Å². The third-order valence-corrected chi connectivity index (χ3v) is 4.73. The molecule has 1 aromatic carbocycles. The van der Waals surface area contributed by atoms with E-state index < -0.39 is 29.6 Å². The van der Waals surface area contributed by atoms with Crippen LogP contribution in [0.5, 0.6) is 0 Å². The maximum atomic E-state index is 14.3. The summed E-state index contributed by atoms with van der Waals surface area (Å²) in [7, 11) is 0. The largest absolute Gasteiger partial charge is 0.449 e. The second kappa shape index (κ2) is 9.65. The van der Waals surface area contributed by atoms with E-state index in [1.165, 1.54) is 6.07 Å². The van der Waals surface area contributed by atoms with Crippen LogP contribution in [0.25, 0.3) is 11.0 Å². The van der Waals surface area contributed by atoms with E-state index in [0.29, 0.717) is 19.6 Å². The van der Waals surface area contributed by atoms with Crippen molar-refractivity contribution in [2.45, 2.75) is 38.3 Å². The summed E-state index contributed by atoms with van der Waals surface area (Å²) in [5.74, 6) is -2.49. The zero-order valence-corrected chi connectivity index (χ0v) is 16.2. The topological polar surface area (TPSA) is 101 Å². The number of ether oxygens (including phenoxy) is 5. The number of anilines is 1. The van der Waals surface area contributed by atoms with Crippen molar-refractivity contribution in [3.8, 4) is 0 Å². The lowest BCUT2D eigenvalue weighted by Gasteiger charge is -2.22. The number of carbonyl (C=O) groups is 1. The summed E-state index contributed by atoms with van der Waals surface area (Å²) in [6.07, 6.45) is 1.40. The fourth-order valence-corrected chi connectivity index (χ4v) is 3.25. The second-order valence-electron chi connectivity index (χ2n) is 6.86. The lowest BCUT2D eigenvalue weighted by molar-refractivity contribution is -0.163. The minimum absolute atomic E-state index is 0.0673. The van der Waals surface area contributed by atoms with Crippen molar-refractivity contribution in [3.05, 3.63) is 23.3 Å². The molecular weight excluding hydrogens is 406 g/mol. The molecule has 0 bridgehead atoms. The van der Waals surface area contributed by atoms with Gasteiger partial charge in [-0.3, -0.25) is 5.32 Å². The highest BCUT2D eigenvalue weighted by molar-refractivity contribution is 5.96. The van der Waals surface area contributed by atoms with Crippen LogP contribution in [0.4, 0.5) is 19.4 Å². The van der Waals surface area contributed by atoms with E-state index in [9.17, 15) is 13.6 Å². The third kappa shape index (κ3) is 4.69. The van der Waals surface area contributed by atoms with Crippen molar-refractivity contribution in [2.75, 3.05) is 38.4 Å². The fourth-order valence-electron chi connectivity index (χ4n) is 3.25. The number of nitrogens with one attached hydrogen (secondary N) is 1. The number of hydrogen-bond acceptors (Lipinski definition) is 8. The van der Waals surface area contributed by atoms with Crippen LogP contribution in [-0.2, 0) is 23.7 Å². The Morgan fingerprint density at radius 1 is 1.13 bits per heavy atom. The quantitative estimate of drug-likeness (QED) is 0.667. The molecule has 1 atom stereocenters. The molecule has 1 unspecified atom stereocenters. The fraction of sp³-hybridized carbons (Fsp3) is 0.579. The zero-order chi connectivity index (χ0) is 20.9. The number of rotatable bonds is 7. The number of amides is 1. The summed E-state index contributed by atoms with van der Waals surface area (Å²) in [5.41, 5.74) is -0.565. The van der Waals surface area contributed by atoms with Crippen molar-refractivity contribution in [1.29, 1.82) is 0 Å². The van der Waals surface area contributed by atoms with Gasteiger partial charge in [0.2, 0.25) is 11.4 Å². The average Bonchev–Trinajstić information content (AvgIpc) is 3.42. The molecule has 11 heteroatoms. The Balaban J connectivity index is 1.32. The van der Waals surface area contributed by atoms with Gasteiger partial charge in [0.15, 0.2) is 24.2 Å². The molecule has 0 saturated carbocycles. The molecule has 0 spiro atoms. The Morgan fingerprint density at radius 3 is 2.73 bits per heavy atom. The molecule has 2 aliphatic rings. The molecule has 9 nitrogen and oxygen atoms in total. The Hall–Kier alpha value is -2.34. The minimum Gasteiger partial charge on any atom is -0.449 e. The Kier molecular flexibility index (Phi) is 6.72. The Bertz CT molecular complexity index is 879. The number of hydrogen-bond donors (Lipinski definition) is 1. The van der Waals surface area contributed by atoms with Gasteiger partial charge in [-0.05, 0) is 25.3 Å². The average molecular weight is 428 g/mol. The number of fused-ring (bicyclic) bond motifs is 1. The summed E-state index contributed by atoms with van der Waals surface area (Å²) in [6.45, 7) is 1.72. The SMILES string of the molecule is O=C(Nc1noc2c(F)c(F)c(C3OCCO3)cc12)OCCCOC1CCCCO1. The van der Waals surface area contributed by atoms with E-state index in [-0.39, 0.29) is 42.9 Å². The molecule has 3 heterocycles. The first-order valence-electron chi connectivity index (χ1n) is 9.81. The van der Waals surface area contributed by atoms with Crippen LogP contribution < -0.4 is 5.32 Å². The Morgan fingerprint density at radius 2 is 1.97 bits per heavy atom.